The van der Waals surface area contributed by atoms with E-state index in [9.17, 15) is 12.8 Å². The van der Waals surface area contributed by atoms with Gasteiger partial charge in [0.05, 0.1) is 18.0 Å². The highest BCUT2D eigenvalue weighted by atomic mass is 32.2. The highest BCUT2D eigenvalue weighted by Gasteiger charge is 2.35. The molecule has 0 saturated carbocycles. The van der Waals surface area contributed by atoms with Gasteiger partial charge in [-0.1, -0.05) is 48.5 Å². The monoisotopic (exact) mass is 318 g/mol. The van der Waals surface area contributed by atoms with Crippen LogP contribution >= 0.6 is 0 Å². The van der Waals surface area contributed by atoms with Gasteiger partial charge in [0.2, 0.25) is 10.0 Å². The van der Waals surface area contributed by atoms with Gasteiger partial charge in [-0.15, -0.1) is 0 Å². The largest absolute Gasteiger partial charge is 0.247 e. The second-order valence-electron chi connectivity index (χ2n) is 5.19. The molecule has 1 aliphatic rings. The van der Waals surface area contributed by atoms with Crippen LogP contribution in [0.3, 0.4) is 0 Å². The molecule has 6 heteroatoms. The summed E-state index contributed by atoms with van der Waals surface area (Å²) in [6, 6.07) is 14.9. The zero-order valence-electron chi connectivity index (χ0n) is 12.0. The van der Waals surface area contributed by atoms with E-state index in [0.29, 0.717) is 17.7 Å². The molecule has 0 spiro atoms. The van der Waals surface area contributed by atoms with Crippen LogP contribution in [-0.2, 0) is 10.0 Å². The highest BCUT2D eigenvalue weighted by Crippen LogP contribution is 2.35. The van der Waals surface area contributed by atoms with Crippen LogP contribution in [0.5, 0.6) is 0 Å². The van der Waals surface area contributed by atoms with Gasteiger partial charge in [-0.05, 0) is 11.6 Å². The second-order valence-corrected chi connectivity index (χ2v) is 7.03. The molecule has 1 unspecified atom stereocenters. The lowest BCUT2D eigenvalue weighted by Crippen LogP contribution is -2.26. The Bertz CT molecular complexity index is 819. The van der Waals surface area contributed by atoms with Crippen molar-refractivity contribution in [2.45, 2.75) is 12.5 Å². The summed E-state index contributed by atoms with van der Waals surface area (Å²) in [5, 5.41) is 4.22. The number of hydrazone groups is 1. The van der Waals surface area contributed by atoms with Crippen LogP contribution in [-0.4, -0.2) is 24.8 Å². The predicted octanol–water partition coefficient (Wildman–Crippen LogP) is 2.94. The van der Waals surface area contributed by atoms with Crippen molar-refractivity contribution < 1.29 is 12.8 Å². The van der Waals surface area contributed by atoms with Crippen molar-refractivity contribution in [3.8, 4) is 0 Å². The molecule has 0 fully saturated rings. The summed E-state index contributed by atoms with van der Waals surface area (Å²) < 4.78 is 39.1. The molecule has 0 radical (unpaired) electrons. The molecule has 4 nitrogen and oxygen atoms in total. The molecule has 0 aromatic heterocycles. The lowest BCUT2D eigenvalue weighted by Gasteiger charge is -2.21. The maximum absolute atomic E-state index is 14.1. The van der Waals surface area contributed by atoms with E-state index < -0.39 is 21.9 Å². The minimum absolute atomic E-state index is 0.336. The molecule has 1 atom stereocenters. The first-order valence-electron chi connectivity index (χ1n) is 6.83. The molecule has 2 aromatic rings. The summed E-state index contributed by atoms with van der Waals surface area (Å²) >= 11 is 0. The van der Waals surface area contributed by atoms with Crippen LogP contribution in [0.4, 0.5) is 4.39 Å². The Balaban J connectivity index is 2.04. The van der Waals surface area contributed by atoms with E-state index in [-0.39, 0.29) is 0 Å². The summed E-state index contributed by atoms with van der Waals surface area (Å²) in [7, 11) is -3.58. The quantitative estimate of drug-likeness (QED) is 0.873. The first-order valence-corrected chi connectivity index (χ1v) is 8.68. The van der Waals surface area contributed by atoms with Gasteiger partial charge in [0.1, 0.15) is 5.82 Å². The average molecular weight is 318 g/mol. The molecule has 1 heterocycles. The molecule has 1 aliphatic heterocycles. The fourth-order valence-electron chi connectivity index (χ4n) is 2.58. The van der Waals surface area contributed by atoms with Crippen molar-refractivity contribution in [1.29, 1.82) is 0 Å². The van der Waals surface area contributed by atoms with Crippen LogP contribution in [0.15, 0.2) is 59.7 Å². The summed E-state index contributed by atoms with van der Waals surface area (Å²) in [4.78, 5) is 0. The van der Waals surface area contributed by atoms with E-state index in [1.807, 2.05) is 30.3 Å². The molecule has 0 amide bonds. The van der Waals surface area contributed by atoms with Crippen LogP contribution in [0.1, 0.15) is 23.6 Å². The number of hydrogen-bond acceptors (Lipinski definition) is 3. The van der Waals surface area contributed by atoms with Crippen molar-refractivity contribution in [3.63, 3.8) is 0 Å². The van der Waals surface area contributed by atoms with Gasteiger partial charge in [0.25, 0.3) is 0 Å². The van der Waals surface area contributed by atoms with Crippen LogP contribution < -0.4 is 0 Å². The summed E-state index contributed by atoms with van der Waals surface area (Å²) in [6.45, 7) is 0. The lowest BCUT2D eigenvalue weighted by atomic mass is 9.99. The van der Waals surface area contributed by atoms with Gasteiger partial charge in [-0.25, -0.2) is 12.8 Å². The fourth-order valence-corrected chi connectivity index (χ4v) is 3.47. The Morgan fingerprint density at radius 3 is 2.36 bits per heavy atom. The van der Waals surface area contributed by atoms with Crippen LogP contribution in [0.2, 0.25) is 0 Å². The Kier molecular flexibility index (Phi) is 3.70. The van der Waals surface area contributed by atoms with E-state index >= 15 is 0 Å². The Hall–Kier alpha value is -2.21. The number of hydrogen-bond donors (Lipinski definition) is 0. The summed E-state index contributed by atoms with van der Waals surface area (Å²) in [6.07, 6.45) is 1.43. The molecule has 3 rings (SSSR count). The van der Waals surface area contributed by atoms with Gasteiger partial charge in [0.15, 0.2) is 0 Å². The third-order valence-electron chi connectivity index (χ3n) is 3.58. The zero-order chi connectivity index (χ0) is 15.7. The maximum atomic E-state index is 14.1. The van der Waals surface area contributed by atoms with Crippen LogP contribution in [0.25, 0.3) is 0 Å². The van der Waals surface area contributed by atoms with Gasteiger partial charge in [0, 0.05) is 12.0 Å². The standard InChI is InChI=1S/C16H15FN2O2S/c1-22(20,21)19-16(13-9-5-6-10-14(13)17)11-15(18-19)12-7-3-2-4-8-12/h2-10,16H,11H2,1H3. The third-order valence-corrected chi connectivity index (χ3v) is 4.60. The highest BCUT2D eigenvalue weighted by molar-refractivity contribution is 7.88. The predicted molar refractivity (Wildman–Crippen MR) is 83.4 cm³/mol. The Morgan fingerprint density at radius 1 is 1.09 bits per heavy atom. The zero-order valence-corrected chi connectivity index (χ0v) is 12.8. The first-order chi connectivity index (χ1) is 10.5. The van der Waals surface area contributed by atoms with Gasteiger partial charge >= 0.3 is 0 Å². The van der Waals surface area contributed by atoms with E-state index in [2.05, 4.69) is 5.10 Å². The van der Waals surface area contributed by atoms with Crippen LogP contribution in [0, 0.1) is 5.82 Å². The first kappa shape index (κ1) is 14.7. The average Bonchev–Trinajstić information content (AvgIpc) is 2.94. The fraction of sp³-hybridized carbons (Fsp3) is 0.188. The van der Waals surface area contributed by atoms with Crippen molar-refractivity contribution in [3.05, 3.63) is 71.5 Å². The lowest BCUT2D eigenvalue weighted by molar-refractivity contribution is 0.365. The molecule has 2 aromatic carbocycles. The number of nitrogens with zero attached hydrogens (tertiary/aromatic N) is 2. The normalized spacial score (nSPS) is 18.4. The van der Waals surface area contributed by atoms with Crippen molar-refractivity contribution in [1.82, 2.24) is 4.41 Å². The molecule has 0 bridgehead atoms. The van der Waals surface area contributed by atoms with E-state index in [0.717, 1.165) is 16.2 Å². The SMILES string of the molecule is CS(=O)(=O)N1N=C(c2ccccc2)CC1c1ccccc1F. The topological polar surface area (TPSA) is 49.7 Å². The van der Waals surface area contributed by atoms with E-state index in [1.54, 1.807) is 18.2 Å². The Morgan fingerprint density at radius 2 is 1.73 bits per heavy atom. The number of sulfonamides is 1. The molecule has 0 saturated heterocycles. The third kappa shape index (κ3) is 2.74. The number of rotatable bonds is 3. The van der Waals surface area contributed by atoms with Crippen molar-refractivity contribution in [2.75, 3.05) is 6.26 Å². The molecular weight excluding hydrogens is 303 g/mol. The summed E-state index contributed by atoms with van der Waals surface area (Å²) in [5.41, 5.74) is 1.82. The van der Waals surface area contributed by atoms with Gasteiger partial charge in [-0.3, -0.25) is 0 Å². The molecule has 114 valence electrons. The van der Waals surface area contributed by atoms with Crippen molar-refractivity contribution in [2.24, 2.45) is 5.10 Å². The minimum atomic E-state index is -3.58. The number of benzene rings is 2. The molecule has 0 aliphatic carbocycles. The maximum Gasteiger partial charge on any atom is 0.247 e. The van der Waals surface area contributed by atoms with Crippen molar-refractivity contribution >= 4 is 15.7 Å². The second kappa shape index (κ2) is 5.53. The summed E-state index contributed by atoms with van der Waals surface area (Å²) in [5.74, 6) is -0.425. The molecule has 22 heavy (non-hydrogen) atoms. The van der Waals surface area contributed by atoms with Gasteiger partial charge in [-0.2, -0.15) is 9.52 Å². The Labute approximate surface area is 128 Å². The molecular formula is C16H15FN2O2S. The van der Waals surface area contributed by atoms with E-state index in [1.165, 1.54) is 6.07 Å². The van der Waals surface area contributed by atoms with E-state index in [4.69, 9.17) is 0 Å². The number of halogens is 1. The molecule has 0 N–H and O–H groups in total. The smallest absolute Gasteiger partial charge is 0.207 e. The van der Waals surface area contributed by atoms with Gasteiger partial charge < -0.3 is 0 Å². The minimum Gasteiger partial charge on any atom is -0.207 e.